The van der Waals surface area contributed by atoms with Crippen LogP contribution in [0, 0.1) is 0 Å². The summed E-state index contributed by atoms with van der Waals surface area (Å²) in [5.41, 5.74) is 6.26. The van der Waals surface area contributed by atoms with Crippen LogP contribution >= 0.6 is 0 Å². The van der Waals surface area contributed by atoms with Crippen LogP contribution in [0.25, 0.3) is 0 Å². The highest BCUT2D eigenvalue weighted by molar-refractivity contribution is 4.85. The van der Waals surface area contributed by atoms with Gasteiger partial charge in [0.15, 0.2) is 0 Å². The Morgan fingerprint density at radius 2 is 1.69 bits per heavy atom. The molecule has 0 radical (unpaired) electrons. The molecule has 0 amide bonds. The second-order valence-electron chi connectivity index (χ2n) is 5.25. The number of nitrogens with two attached hydrogens (primary N) is 1. The van der Waals surface area contributed by atoms with Gasteiger partial charge in [-0.1, -0.05) is 25.7 Å². The first-order valence-electron chi connectivity index (χ1n) is 6.61. The Labute approximate surface area is 99.7 Å². The molecule has 0 aromatic carbocycles. The molecule has 3 heteroatoms. The molecular formula is C13H27NO2. The van der Waals surface area contributed by atoms with Crippen molar-refractivity contribution in [1.29, 1.82) is 0 Å². The summed E-state index contributed by atoms with van der Waals surface area (Å²) in [5.74, 6) is 0. The second-order valence-corrected chi connectivity index (χ2v) is 5.25. The van der Waals surface area contributed by atoms with Gasteiger partial charge in [-0.05, 0) is 26.7 Å². The molecule has 1 aliphatic rings. The molecule has 0 bridgehead atoms. The first-order chi connectivity index (χ1) is 7.62. The minimum atomic E-state index is -0.0751. The van der Waals surface area contributed by atoms with Crippen molar-refractivity contribution in [3.8, 4) is 0 Å². The average molecular weight is 229 g/mol. The predicted molar refractivity (Wildman–Crippen MR) is 66.5 cm³/mol. The van der Waals surface area contributed by atoms with E-state index >= 15 is 0 Å². The zero-order chi connectivity index (χ0) is 11.9. The molecule has 0 aliphatic heterocycles. The van der Waals surface area contributed by atoms with E-state index in [0.717, 1.165) is 12.8 Å². The molecule has 1 rings (SSSR count). The summed E-state index contributed by atoms with van der Waals surface area (Å²) in [6, 6.07) is 0. The molecule has 3 nitrogen and oxygen atoms in total. The summed E-state index contributed by atoms with van der Waals surface area (Å²) in [6.07, 6.45) is 7.67. The van der Waals surface area contributed by atoms with Gasteiger partial charge in [-0.25, -0.2) is 0 Å². The van der Waals surface area contributed by atoms with E-state index in [4.69, 9.17) is 15.2 Å². The molecule has 2 N–H and O–H groups in total. The van der Waals surface area contributed by atoms with Gasteiger partial charge in [0.1, 0.15) is 0 Å². The molecule has 16 heavy (non-hydrogen) atoms. The molecule has 0 aromatic rings. The van der Waals surface area contributed by atoms with E-state index < -0.39 is 0 Å². The van der Waals surface area contributed by atoms with Crippen LogP contribution < -0.4 is 5.73 Å². The van der Waals surface area contributed by atoms with E-state index in [-0.39, 0.29) is 11.6 Å². The van der Waals surface area contributed by atoms with Crippen molar-refractivity contribution >= 4 is 0 Å². The van der Waals surface area contributed by atoms with E-state index in [1.54, 1.807) is 0 Å². The summed E-state index contributed by atoms with van der Waals surface area (Å²) < 4.78 is 11.1. The molecule has 1 aliphatic carbocycles. The summed E-state index contributed by atoms with van der Waals surface area (Å²) in [7, 11) is 0. The molecule has 1 saturated carbocycles. The summed E-state index contributed by atoms with van der Waals surface area (Å²) >= 11 is 0. The predicted octanol–water partition coefficient (Wildman–Crippen LogP) is 2.48. The quantitative estimate of drug-likeness (QED) is 0.562. The van der Waals surface area contributed by atoms with Crippen LogP contribution in [-0.4, -0.2) is 31.5 Å². The lowest BCUT2D eigenvalue weighted by atomic mass is 9.93. The zero-order valence-corrected chi connectivity index (χ0v) is 10.8. The smallest absolute Gasteiger partial charge is 0.0703 e. The Balaban J connectivity index is 2.10. The maximum Gasteiger partial charge on any atom is 0.0703 e. The van der Waals surface area contributed by atoms with E-state index in [1.165, 1.54) is 25.7 Å². The minimum absolute atomic E-state index is 0.0751. The minimum Gasteiger partial charge on any atom is -0.377 e. The van der Waals surface area contributed by atoms with Crippen molar-refractivity contribution in [3.05, 3.63) is 0 Å². The van der Waals surface area contributed by atoms with Gasteiger partial charge in [0, 0.05) is 5.54 Å². The third-order valence-corrected chi connectivity index (χ3v) is 3.17. The van der Waals surface area contributed by atoms with Crippen molar-refractivity contribution in [2.45, 2.75) is 64.0 Å². The maximum absolute atomic E-state index is 6.34. The van der Waals surface area contributed by atoms with Gasteiger partial charge in [-0.2, -0.15) is 0 Å². The third kappa shape index (κ3) is 5.83. The fourth-order valence-corrected chi connectivity index (χ4v) is 2.20. The molecule has 0 atom stereocenters. The topological polar surface area (TPSA) is 44.5 Å². The van der Waals surface area contributed by atoms with Crippen molar-refractivity contribution in [2.24, 2.45) is 5.73 Å². The molecular weight excluding hydrogens is 202 g/mol. The van der Waals surface area contributed by atoms with E-state index in [9.17, 15) is 0 Å². The average Bonchev–Trinajstić information content (AvgIpc) is 2.43. The highest BCUT2D eigenvalue weighted by Gasteiger charge is 2.26. The SMILES string of the molecule is CC(C)OCCOCC1(N)CCCCCC1. The van der Waals surface area contributed by atoms with Crippen LogP contribution in [0.5, 0.6) is 0 Å². The molecule has 0 spiro atoms. The van der Waals surface area contributed by atoms with Crippen LogP contribution in [0.4, 0.5) is 0 Å². The van der Waals surface area contributed by atoms with Crippen LogP contribution in [-0.2, 0) is 9.47 Å². The number of rotatable bonds is 6. The Kier molecular flexibility index (Phi) is 6.32. The number of hydrogen-bond donors (Lipinski definition) is 1. The van der Waals surface area contributed by atoms with Gasteiger partial charge >= 0.3 is 0 Å². The van der Waals surface area contributed by atoms with Gasteiger partial charge in [-0.15, -0.1) is 0 Å². The van der Waals surface area contributed by atoms with Crippen LogP contribution in [0.3, 0.4) is 0 Å². The normalized spacial score (nSPS) is 21.0. The first-order valence-corrected chi connectivity index (χ1v) is 6.61. The van der Waals surface area contributed by atoms with Gasteiger partial charge in [0.05, 0.1) is 25.9 Å². The molecule has 0 saturated heterocycles. The zero-order valence-electron chi connectivity index (χ0n) is 10.8. The fraction of sp³-hybridized carbons (Fsp3) is 1.00. The fourth-order valence-electron chi connectivity index (χ4n) is 2.20. The molecule has 0 unspecified atom stereocenters. The second kappa shape index (κ2) is 7.25. The van der Waals surface area contributed by atoms with Gasteiger partial charge in [0.2, 0.25) is 0 Å². The Morgan fingerprint density at radius 3 is 2.25 bits per heavy atom. The molecule has 0 heterocycles. The lowest BCUT2D eigenvalue weighted by Gasteiger charge is -2.27. The largest absolute Gasteiger partial charge is 0.377 e. The highest BCUT2D eigenvalue weighted by atomic mass is 16.5. The van der Waals surface area contributed by atoms with Crippen LogP contribution in [0.15, 0.2) is 0 Å². The van der Waals surface area contributed by atoms with Gasteiger partial charge in [-0.3, -0.25) is 0 Å². The summed E-state index contributed by atoms with van der Waals surface area (Å²) in [5, 5.41) is 0. The highest BCUT2D eigenvalue weighted by Crippen LogP contribution is 2.25. The standard InChI is InChI=1S/C13H27NO2/c1-12(2)16-10-9-15-11-13(14)7-5-3-4-6-8-13/h12H,3-11,14H2,1-2H3. The van der Waals surface area contributed by atoms with Crippen LogP contribution in [0.2, 0.25) is 0 Å². The molecule has 1 fully saturated rings. The van der Waals surface area contributed by atoms with E-state index in [1.807, 2.05) is 13.8 Å². The summed E-state index contributed by atoms with van der Waals surface area (Å²) in [6.45, 7) is 6.10. The van der Waals surface area contributed by atoms with Crippen molar-refractivity contribution < 1.29 is 9.47 Å². The lowest BCUT2D eigenvalue weighted by Crippen LogP contribution is -2.44. The van der Waals surface area contributed by atoms with Crippen LogP contribution in [0.1, 0.15) is 52.4 Å². The van der Waals surface area contributed by atoms with E-state index in [2.05, 4.69) is 0 Å². The molecule has 0 aromatic heterocycles. The van der Waals surface area contributed by atoms with E-state index in [0.29, 0.717) is 19.8 Å². The molecule has 96 valence electrons. The Morgan fingerprint density at radius 1 is 1.06 bits per heavy atom. The first kappa shape index (κ1) is 13.9. The lowest BCUT2D eigenvalue weighted by molar-refractivity contribution is 0.00344. The third-order valence-electron chi connectivity index (χ3n) is 3.17. The van der Waals surface area contributed by atoms with Crippen molar-refractivity contribution in [3.63, 3.8) is 0 Å². The van der Waals surface area contributed by atoms with Crippen molar-refractivity contribution in [1.82, 2.24) is 0 Å². The summed E-state index contributed by atoms with van der Waals surface area (Å²) in [4.78, 5) is 0. The van der Waals surface area contributed by atoms with Gasteiger partial charge in [0.25, 0.3) is 0 Å². The van der Waals surface area contributed by atoms with Crippen molar-refractivity contribution in [2.75, 3.05) is 19.8 Å². The Hall–Kier alpha value is -0.120. The number of hydrogen-bond acceptors (Lipinski definition) is 3. The Bertz CT molecular complexity index is 175. The number of ether oxygens (including phenoxy) is 2. The monoisotopic (exact) mass is 229 g/mol. The maximum atomic E-state index is 6.34. The van der Waals surface area contributed by atoms with Gasteiger partial charge < -0.3 is 15.2 Å².